The molecule has 1 atom stereocenters. The van der Waals surface area contributed by atoms with Gasteiger partial charge in [-0.3, -0.25) is 14.2 Å². The maximum absolute atomic E-state index is 13.2. The molecule has 7 nitrogen and oxygen atoms in total. The molecule has 2 aromatic rings. The van der Waals surface area contributed by atoms with Gasteiger partial charge in [0.1, 0.15) is 4.90 Å². The van der Waals surface area contributed by atoms with E-state index in [-0.39, 0.29) is 29.7 Å². The summed E-state index contributed by atoms with van der Waals surface area (Å²) in [5.41, 5.74) is 2.37. The Morgan fingerprint density at radius 2 is 2.08 bits per heavy atom. The van der Waals surface area contributed by atoms with E-state index < -0.39 is 10.0 Å². The number of rotatable bonds is 4. The molecule has 1 aliphatic rings. The zero-order chi connectivity index (χ0) is 17.5. The van der Waals surface area contributed by atoms with Crippen molar-refractivity contribution in [2.24, 2.45) is 0 Å². The normalized spacial score (nSPS) is 17.0. The molecule has 1 N–H and O–H groups in total. The van der Waals surface area contributed by atoms with E-state index in [1.807, 2.05) is 12.1 Å². The number of methoxy groups -OCH3 is 1. The molecule has 0 radical (unpaired) electrons. The third-order valence-electron chi connectivity index (χ3n) is 4.28. The number of esters is 1. The Morgan fingerprint density at radius 1 is 1.38 bits per heavy atom. The second-order valence-electron chi connectivity index (χ2n) is 5.84. The maximum Gasteiger partial charge on any atom is 0.306 e. The molecule has 1 unspecified atom stereocenters. The molecular formula is C16H19N3O4S. The first-order valence-corrected chi connectivity index (χ1v) is 9.00. The van der Waals surface area contributed by atoms with Crippen LogP contribution in [0.4, 0.5) is 5.69 Å². The molecule has 128 valence electrons. The van der Waals surface area contributed by atoms with E-state index in [1.54, 1.807) is 26.0 Å². The molecule has 0 saturated heterocycles. The van der Waals surface area contributed by atoms with Gasteiger partial charge in [-0.1, -0.05) is 18.2 Å². The van der Waals surface area contributed by atoms with Gasteiger partial charge in [0.2, 0.25) is 0 Å². The van der Waals surface area contributed by atoms with Crippen molar-refractivity contribution in [3.63, 3.8) is 0 Å². The van der Waals surface area contributed by atoms with Crippen molar-refractivity contribution in [2.75, 3.05) is 18.0 Å². The van der Waals surface area contributed by atoms with E-state index in [1.165, 1.54) is 11.4 Å². The van der Waals surface area contributed by atoms with Gasteiger partial charge in [0, 0.05) is 12.5 Å². The maximum atomic E-state index is 13.2. The summed E-state index contributed by atoms with van der Waals surface area (Å²) >= 11 is 0. The zero-order valence-corrected chi connectivity index (χ0v) is 14.6. The van der Waals surface area contributed by atoms with Crippen molar-refractivity contribution >= 4 is 21.7 Å². The third kappa shape index (κ3) is 2.56. The van der Waals surface area contributed by atoms with Crippen LogP contribution < -0.4 is 4.31 Å². The van der Waals surface area contributed by atoms with Gasteiger partial charge >= 0.3 is 5.97 Å². The van der Waals surface area contributed by atoms with E-state index in [0.29, 0.717) is 17.1 Å². The minimum absolute atomic E-state index is 0.142. The minimum Gasteiger partial charge on any atom is -0.469 e. The van der Waals surface area contributed by atoms with E-state index in [0.717, 1.165) is 5.56 Å². The number of hydrogen-bond donors (Lipinski definition) is 1. The van der Waals surface area contributed by atoms with E-state index >= 15 is 0 Å². The number of hydrogen-bond acceptors (Lipinski definition) is 5. The second kappa shape index (κ2) is 5.94. The molecule has 0 aliphatic carbocycles. The average molecular weight is 349 g/mol. The zero-order valence-electron chi connectivity index (χ0n) is 13.7. The molecule has 8 heteroatoms. The number of para-hydroxylation sites is 1. The summed E-state index contributed by atoms with van der Waals surface area (Å²) in [4.78, 5) is 11.9. The SMILES string of the molecule is COC(=O)CC1CN(S(=O)(=O)c2c(C)n[nH]c2C)c2ccccc21. The van der Waals surface area contributed by atoms with Crippen molar-refractivity contribution < 1.29 is 17.9 Å². The number of aromatic amines is 1. The van der Waals surface area contributed by atoms with Crippen LogP contribution >= 0.6 is 0 Å². The van der Waals surface area contributed by atoms with Crippen LogP contribution in [0.3, 0.4) is 0 Å². The summed E-state index contributed by atoms with van der Waals surface area (Å²) in [6.45, 7) is 3.55. The second-order valence-corrected chi connectivity index (χ2v) is 7.63. The molecule has 1 aromatic heterocycles. The van der Waals surface area contributed by atoms with Gasteiger partial charge in [0.25, 0.3) is 10.0 Å². The number of H-pyrrole nitrogens is 1. The standard InChI is InChI=1S/C16H19N3O4S/c1-10-16(11(2)18-17-10)24(21,22)19-9-12(8-15(20)23-3)13-6-4-5-7-14(13)19/h4-7,12H,8-9H2,1-3H3,(H,17,18). The summed E-state index contributed by atoms with van der Waals surface area (Å²) in [6, 6.07) is 7.24. The topological polar surface area (TPSA) is 92.4 Å². The molecule has 0 amide bonds. The molecule has 1 aliphatic heterocycles. The molecule has 1 aromatic carbocycles. The van der Waals surface area contributed by atoms with E-state index in [4.69, 9.17) is 4.74 Å². The number of sulfonamides is 1. The number of aryl methyl sites for hydroxylation is 2. The number of nitrogens with zero attached hydrogens (tertiary/aromatic N) is 2. The van der Waals surface area contributed by atoms with Gasteiger partial charge in [-0.05, 0) is 25.5 Å². The van der Waals surface area contributed by atoms with Crippen molar-refractivity contribution in [3.05, 3.63) is 41.2 Å². The van der Waals surface area contributed by atoms with E-state index in [2.05, 4.69) is 10.2 Å². The number of anilines is 1. The van der Waals surface area contributed by atoms with E-state index in [9.17, 15) is 13.2 Å². The molecule has 3 rings (SSSR count). The molecule has 0 fully saturated rings. The minimum atomic E-state index is -3.76. The summed E-state index contributed by atoms with van der Waals surface area (Å²) in [5.74, 6) is -0.583. The molecule has 0 saturated carbocycles. The molecule has 0 spiro atoms. The molecular weight excluding hydrogens is 330 g/mol. The van der Waals surface area contributed by atoms with Crippen molar-refractivity contribution in [1.29, 1.82) is 0 Å². The smallest absolute Gasteiger partial charge is 0.306 e. The first-order valence-electron chi connectivity index (χ1n) is 7.56. The summed E-state index contributed by atoms with van der Waals surface area (Å²) in [7, 11) is -2.43. The number of benzene rings is 1. The number of nitrogens with one attached hydrogen (secondary N) is 1. The fourth-order valence-corrected chi connectivity index (χ4v) is 5.05. The predicted octanol–water partition coefficient (Wildman–Crippen LogP) is 1.88. The van der Waals surface area contributed by atoms with Gasteiger partial charge in [-0.25, -0.2) is 8.42 Å². The number of aromatic nitrogens is 2. The monoisotopic (exact) mass is 349 g/mol. The van der Waals surface area contributed by atoms with Crippen LogP contribution in [0.2, 0.25) is 0 Å². The highest BCUT2D eigenvalue weighted by molar-refractivity contribution is 7.93. The van der Waals surface area contributed by atoms with Crippen molar-refractivity contribution in [3.8, 4) is 0 Å². The predicted molar refractivity (Wildman–Crippen MR) is 88.4 cm³/mol. The van der Waals surface area contributed by atoms with Crippen LogP contribution in [0.25, 0.3) is 0 Å². The first kappa shape index (κ1) is 16.5. The van der Waals surface area contributed by atoms with Crippen molar-refractivity contribution in [2.45, 2.75) is 31.1 Å². The highest BCUT2D eigenvalue weighted by Gasteiger charge is 2.39. The van der Waals surface area contributed by atoms with Crippen LogP contribution in [0.1, 0.15) is 29.3 Å². The Kier molecular flexibility index (Phi) is 4.08. The fourth-order valence-electron chi connectivity index (χ4n) is 3.17. The largest absolute Gasteiger partial charge is 0.469 e. The number of fused-ring (bicyclic) bond motifs is 1. The van der Waals surface area contributed by atoms with Gasteiger partial charge in [0.15, 0.2) is 0 Å². The summed E-state index contributed by atoms with van der Waals surface area (Å²) in [5, 5.41) is 6.70. The molecule has 2 heterocycles. The average Bonchev–Trinajstić information content (AvgIpc) is 3.09. The van der Waals surface area contributed by atoms with Gasteiger partial charge in [0.05, 0.1) is 30.6 Å². The van der Waals surface area contributed by atoms with Gasteiger partial charge in [-0.2, -0.15) is 5.10 Å². The van der Waals surface area contributed by atoms with Crippen LogP contribution in [0.5, 0.6) is 0 Å². The van der Waals surface area contributed by atoms with Crippen LogP contribution in [0.15, 0.2) is 29.2 Å². The Labute approximate surface area is 140 Å². The van der Waals surface area contributed by atoms with Crippen molar-refractivity contribution in [1.82, 2.24) is 10.2 Å². The lowest BCUT2D eigenvalue weighted by atomic mass is 9.98. The Bertz CT molecular complexity index is 869. The summed E-state index contributed by atoms with van der Waals surface area (Å²) in [6.07, 6.45) is 0.142. The third-order valence-corrected chi connectivity index (χ3v) is 6.32. The van der Waals surface area contributed by atoms with Gasteiger partial charge < -0.3 is 4.74 Å². The summed E-state index contributed by atoms with van der Waals surface area (Å²) < 4.78 is 32.4. The van der Waals surface area contributed by atoms with Gasteiger partial charge in [-0.15, -0.1) is 0 Å². The molecule has 0 bridgehead atoms. The lowest BCUT2D eigenvalue weighted by Gasteiger charge is -2.20. The number of ether oxygens (including phenoxy) is 1. The van der Waals surface area contributed by atoms with Crippen LogP contribution in [-0.4, -0.2) is 38.2 Å². The number of carbonyl (C=O) groups is 1. The lowest BCUT2D eigenvalue weighted by Crippen LogP contribution is -2.31. The van der Waals surface area contributed by atoms with Crippen LogP contribution in [-0.2, 0) is 19.6 Å². The van der Waals surface area contributed by atoms with Crippen LogP contribution in [0, 0.1) is 13.8 Å². The molecule has 24 heavy (non-hydrogen) atoms. The highest BCUT2D eigenvalue weighted by atomic mass is 32.2. The number of carbonyl (C=O) groups excluding carboxylic acids is 1. The Morgan fingerprint density at radius 3 is 2.71 bits per heavy atom. The highest BCUT2D eigenvalue weighted by Crippen LogP contribution is 2.41. The first-order chi connectivity index (χ1) is 11.4. The lowest BCUT2D eigenvalue weighted by molar-refractivity contribution is -0.140. The Balaban J connectivity index is 2.05. The Hall–Kier alpha value is -2.35. The quantitative estimate of drug-likeness (QED) is 0.851. The fraction of sp³-hybridized carbons (Fsp3) is 0.375.